The maximum atomic E-state index is 12.9. The van der Waals surface area contributed by atoms with E-state index in [1.165, 1.54) is 12.3 Å². The Morgan fingerprint density at radius 1 is 1.00 bits per heavy atom. The second-order valence-electron chi connectivity index (χ2n) is 7.28. The number of carbonyl (C=O) groups excluding carboxylic acids is 1. The number of nitrogens with one attached hydrogen (secondary N) is 2. The Kier molecular flexibility index (Phi) is 7.29. The van der Waals surface area contributed by atoms with E-state index in [0.717, 1.165) is 0 Å². The van der Waals surface area contributed by atoms with E-state index in [9.17, 15) is 31.1 Å². The van der Waals surface area contributed by atoms with Gasteiger partial charge in [-0.2, -0.15) is 26.3 Å². The summed E-state index contributed by atoms with van der Waals surface area (Å²) in [4.78, 5) is 23.5. The van der Waals surface area contributed by atoms with Crippen molar-refractivity contribution in [2.45, 2.75) is 12.4 Å². The molecule has 8 nitrogen and oxygen atoms in total. The van der Waals surface area contributed by atoms with E-state index in [1.807, 2.05) is 0 Å². The summed E-state index contributed by atoms with van der Waals surface area (Å²) in [7, 11) is 0. The van der Waals surface area contributed by atoms with Crippen LogP contribution in [0.2, 0.25) is 0 Å². The predicted molar refractivity (Wildman–Crippen MR) is 121 cm³/mol. The van der Waals surface area contributed by atoms with Gasteiger partial charge in [-0.05, 0) is 24.3 Å². The van der Waals surface area contributed by atoms with Crippen molar-refractivity contribution < 1.29 is 31.1 Å². The van der Waals surface area contributed by atoms with Crippen LogP contribution in [0.4, 0.5) is 42.6 Å². The average molecular weight is 532 g/mol. The number of alkyl halides is 6. The molecule has 2 amide bonds. The molecule has 0 atom stereocenters. The molecule has 4 N–H and O–H groups in total. The lowest BCUT2D eigenvalue weighted by molar-refractivity contribution is -0.137. The number of benzene rings is 1. The molecule has 0 aliphatic rings. The molecule has 0 saturated heterocycles. The van der Waals surface area contributed by atoms with Gasteiger partial charge in [0.05, 0.1) is 11.9 Å². The Morgan fingerprint density at radius 2 is 1.75 bits per heavy atom. The van der Waals surface area contributed by atoms with Gasteiger partial charge in [0.25, 0.3) is 0 Å². The van der Waals surface area contributed by atoms with E-state index in [2.05, 4.69) is 20.3 Å². The molecule has 3 aromatic heterocycles. The highest BCUT2D eigenvalue weighted by Gasteiger charge is 2.34. The number of nitrogens with two attached hydrogens (primary N) is 1. The van der Waals surface area contributed by atoms with Gasteiger partial charge in [0, 0.05) is 29.2 Å². The van der Waals surface area contributed by atoms with Crippen LogP contribution in [-0.2, 0) is 6.18 Å². The van der Waals surface area contributed by atoms with Gasteiger partial charge in [-0.3, -0.25) is 4.40 Å². The molecule has 0 radical (unpaired) electrons. The highest BCUT2D eigenvalue weighted by Crippen LogP contribution is 2.33. The first-order valence-electron chi connectivity index (χ1n) is 9.80. The van der Waals surface area contributed by atoms with Gasteiger partial charge in [0.15, 0.2) is 5.82 Å². The first-order chi connectivity index (χ1) is 16.4. The number of imidazole rings is 1. The number of pyridine rings is 1. The summed E-state index contributed by atoms with van der Waals surface area (Å²) >= 11 is 0. The molecule has 0 bridgehead atoms. The van der Waals surface area contributed by atoms with Crippen LogP contribution in [-0.4, -0.2) is 38.1 Å². The number of rotatable bonds is 4. The SMILES string of the molecule is Cl.Nc1nc(-c2ccn3c(-c4cccc(NC(=O)NCC(F)(F)F)c4)cnc3c2)ncc1C(F)(F)F. The standard InChI is InChI=1S/C21H15F6N7O.ClH/c22-20(23,24)10-31-19(35)32-13-3-1-2-11(6-13)15-9-29-16-7-12(4-5-34(15)16)18-30-8-14(17(28)33-18)21(25,26)27;/h1-9H,10H2,(H2,28,30,33)(H2,31,32,35);1H. The molecule has 4 rings (SSSR count). The first kappa shape index (κ1) is 26.5. The van der Waals surface area contributed by atoms with Gasteiger partial charge >= 0.3 is 18.4 Å². The second-order valence-corrected chi connectivity index (χ2v) is 7.28. The normalized spacial score (nSPS) is 11.7. The Morgan fingerprint density at radius 3 is 2.42 bits per heavy atom. The molecule has 0 spiro atoms. The fourth-order valence-corrected chi connectivity index (χ4v) is 3.20. The van der Waals surface area contributed by atoms with E-state index in [1.54, 1.807) is 46.2 Å². The number of hydrogen-bond donors (Lipinski definition) is 3. The minimum atomic E-state index is -4.67. The minimum Gasteiger partial charge on any atom is -0.383 e. The van der Waals surface area contributed by atoms with Crippen LogP contribution in [0.15, 0.2) is 55.0 Å². The van der Waals surface area contributed by atoms with E-state index in [4.69, 9.17) is 5.73 Å². The smallest absolute Gasteiger partial charge is 0.383 e. The van der Waals surface area contributed by atoms with Crippen LogP contribution in [0.5, 0.6) is 0 Å². The van der Waals surface area contributed by atoms with E-state index in [-0.39, 0.29) is 23.9 Å². The van der Waals surface area contributed by atoms with Gasteiger partial charge in [-0.15, -0.1) is 12.4 Å². The summed E-state index contributed by atoms with van der Waals surface area (Å²) in [6, 6.07) is 8.45. The number of hydrogen-bond acceptors (Lipinski definition) is 5. The van der Waals surface area contributed by atoms with Gasteiger partial charge in [-0.25, -0.2) is 19.7 Å². The van der Waals surface area contributed by atoms with Crippen molar-refractivity contribution >= 4 is 35.6 Å². The molecular formula is C21H16ClF6N7O. The number of anilines is 2. The maximum Gasteiger partial charge on any atom is 0.421 e. The largest absolute Gasteiger partial charge is 0.421 e. The van der Waals surface area contributed by atoms with E-state index < -0.39 is 36.3 Å². The second kappa shape index (κ2) is 9.89. The van der Waals surface area contributed by atoms with Crippen molar-refractivity contribution in [2.24, 2.45) is 0 Å². The summed E-state index contributed by atoms with van der Waals surface area (Å²) in [6.45, 7) is -1.47. The number of fused-ring (bicyclic) bond motifs is 1. The van der Waals surface area contributed by atoms with Crippen LogP contribution < -0.4 is 16.4 Å². The molecule has 1 aromatic carbocycles. The maximum absolute atomic E-state index is 12.9. The quantitative estimate of drug-likeness (QED) is 0.315. The molecule has 190 valence electrons. The summed E-state index contributed by atoms with van der Waals surface area (Å²) in [5.74, 6) is -0.714. The molecule has 0 aliphatic carbocycles. The Balaban J connectivity index is 0.00000361. The monoisotopic (exact) mass is 531 g/mol. The zero-order valence-corrected chi connectivity index (χ0v) is 18.7. The van der Waals surface area contributed by atoms with Crippen LogP contribution in [0, 0.1) is 0 Å². The third-order valence-electron chi connectivity index (χ3n) is 4.76. The molecule has 15 heteroatoms. The van der Waals surface area contributed by atoms with Crippen LogP contribution in [0.1, 0.15) is 5.56 Å². The van der Waals surface area contributed by atoms with Crippen molar-refractivity contribution in [1.82, 2.24) is 24.7 Å². The Bertz CT molecular complexity index is 1400. The number of urea groups is 1. The fraction of sp³-hybridized carbons (Fsp3) is 0.143. The number of amides is 2. The van der Waals surface area contributed by atoms with Crippen LogP contribution in [0.3, 0.4) is 0 Å². The van der Waals surface area contributed by atoms with Crippen molar-refractivity contribution in [1.29, 1.82) is 0 Å². The van der Waals surface area contributed by atoms with Crippen molar-refractivity contribution in [2.75, 3.05) is 17.6 Å². The topological polar surface area (TPSA) is 110 Å². The van der Waals surface area contributed by atoms with E-state index >= 15 is 0 Å². The number of halogens is 7. The minimum absolute atomic E-state index is 0. The molecule has 0 unspecified atom stereocenters. The summed E-state index contributed by atoms with van der Waals surface area (Å²) in [5, 5.41) is 4.04. The van der Waals surface area contributed by atoms with Crippen LogP contribution in [0.25, 0.3) is 28.3 Å². The zero-order valence-electron chi connectivity index (χ0n) is 17.9. The zero-order chi connectivity index (χ0) is 25.4. The molecule has 4 aromatic rings. The molecular weight excluding hydrogens is 516 g/mol. The van der Waals surface area contributed by atoms with Gasteiger partial charge in [0.1, 0.15) is 23.6 Å². The Hall–Kier alpha value is -4.07. The molecule has 0 aliphatic heterocycles. The summed E-state index contributed by atoms with van der Waals surface area (Å²) < 4.78 is 77.1. The van der Waals surface area contributed by atoms with Gasteiger partial charge in [0.2, 0.25) is 0 Å². The Labute approximate surface area is 205 Å². The molecule has 36 heavy (non-hydrogen) atoms. The molecule has 0 fully saturated rings. The third-order valence-corrected chi connectivity index (χ3v) is 4.76. The lowest BCUT2D eigenvalue weighted by atomic mass is 10.1. The molecule has 0 saturated carbocycles. The summed E-state index contributed by atoms with van der Waals surface area (Å²) in [6.07, 6.45) is -5.48. The number of carbonyl (C=O) groups is 1. The number of aromatic nitrogens is 4. The predicted octanol–water partition coefficient (Wildman–Crippen LogP) is 5.16. The summed E-state index contributed by atoms with van der Waals surface area (Å²) in [5.41, 5.74) is 6.54. The lowest BCUT2D eigenvalue weighted by Gasteiger charge is -2.11. The highest BCUT2D eigenvalue weighted by atomic mass is 35.5. The number of nitrogen functional groups attached to an aromatic ring is 1. The van der Waals surface area contributed by atoms with Gasteiger partial charge in [-0.1, -0.05) is 12.1 Å². The molecule has 3 heterocycles. The first-order valence-corrected chi connectivity index (χ1v) is 9.80. The third kappa shape index (κ3) is 5.94. The van der Waals surface area contributed by atoms with Gasteiger partial charge < -0.3 is 16.4 Å². The number of nitrogens with zero attached hydrogens (tertiary/aromatic N) is 4. The fourth-order valence-electron chi connectivity index (χ4n) is 3.20. The highest BCUT2D eigenvalue weighted by molar-refractivity contribution is 5.90. The lowest BCUT2D eigenvalue weighted by Crippen LogP contribution is -2.36. The van der Waals surface area contributed by atoms with Crippen LogP contribution >= 0.6 is 12.4 Å². The van der Waals surface area contributed by atoms with E-state index in [0.29, 0.717) is 28.7 Å². The average Bonchev–Trinajstić information content (AvgIpc) is 3.20. The van der Waals surface area contributed by atoms with Crippen molar-refractivity contribution in [3.8, 4) is 22.6 Å². The van der Waals surface area contributed by atoms with Crippen molar-refractivity contribution in [3.05, 3.63) is 60.6 Å². The van der Waals surface area contributed by atoms with Crippen molar-refractivity contribution in [3.63, 3.8) is 0 Å².